The van der Waals surface area contributed by atoms with Gasteiger partial charge in [-0.1, -0.05) is 12.1 Å². The SMILES string of the molecule is CC(C)(C)OC(=O)N[C@@H](C=O)CCc1ccc(C(F)(F)F)cc1. The number of hydrogen-bond donors (Lipinski definition) is 1. The first-order valence-electron chi connectivity index (χ1n) is 7.12. The molecule has 0 saturated carbocycles. The first-order chi connectivity index (χ1) is 10.5. The molecule has 0 radical (unpaired) electrons. The van der Waals surface area contributed by atoms with Crippen LogP contribution in [0.4, 0.5) is 18.0 Å². The summed E-state index contributed by atoms with van der Waals surface area (Å²) in [6, 6.07) is 3.95. The Labute approximate surface area is 133 Å². The molecule has 0 aromatic heterocycles. The lowest BCUT2D eigenvalue weighted by molar-refractivity contribution is -0.137. The highest BCUT2D eigenvalue weighted by molar-refractivity contribution is 5.73. The van der Waals surface area contributed by atoms with Gasteiger partial charge in [0.15, 0.2) is 0 Å². The van der Waals surface area contributed by atoms with Crippen molar-refractivity contribution in [3.63, 3.8) is 0 Å². The highest BCUT2D eigenvalue weighted by Gasteiger charge is 2.29. The summed E-state index contributed by atoms with van der Waals surface area (Å²) in [5.41, 5.74) is -0.749. The number of amides is 1. The van der Waals surface area contributed by atoms with E-state index in [4.69, 9.17) is 4.74 Å². The third-order valence-electron chi connectivity index (χ3n) is 2.89. The summed E-state index contributed by atoms with van der Waals surface area (Å²) < 4.78 is 42.4. The molecule has 1 aromatic rings. The van der Waals surface area contributed by atoms with Gasteiger partial charge in [0.25, 0.3) is 0 Å². The second-order valence-corrected chi connectivity index (χ2v) is 6.12. The smallest absolute Gasteiger partial charge is 0.416 e. The van der Waals surface area contributed by atoms with Crippen LogP contribution in [0.15, 0.2) is 24.3 Å². The molecule has 0 spiro atoms. The Hall–Kier alpha value is -2.05. The van der Waals surface area contributed by atoms with Gasteiger partial charge in [0.05, 0.1) is 11.6 Å². The second kappa shape index (κ2) is 7.48. The predicted molar refractivity (Wildman–Crippen MR) is 79.0 cm³/mol. The number of rotatable bonds is 5. The number of carbonyl (C=O) groups is 2. The van der Waals surface area contributed by atoms with E-state index in [9.17, 15) is 22.8 Å². The fourth-order valence-corrected chi connectivity index (χ4v) is 1.82. The Bertz CT molecular complexity index is 533. The predicted octanol–water partition coefficient (Wildman–Crippen LogP) is 3.73. The summed E-state index contributed by atoms with van der Waals surface area (Å²) in [7, 11) is 0. The molecule has 1 amide bonds. The van der Waals surface area contributed by atoms with Crippen LogP contribution in [-0.2, 0) is 22.1 Å². The summed E-state index contributed by atoms with van der Waals surface area (Å²) in [6.07, 6.45) is -3.87. The highest BCUT2D eigenvalue weighted by atomic mass is 19.4. The molecule has 1 atom stereocenters. The van der Waals surface area contributed by atoms with Crippen LogP contribution in [-0.4, -0.2) is 24.0 Å². The Kier molecular flexibility index (Phi) is 6.18. The van der Waals surface area contributed by atoms with E-state index < -0.39 is 29.5 Å². The van der Waals surface area contributed by atoms with Gasteiger partial charge < -0.3 is 14.8 Å². The van der Waals surface area contributed by atoms with E-state index in [1.807, 2.05) is 0 Å². The van der Waals surface area contributed by atoms with Crippen molar-refractivity contribution in [2.45, 2.75) is 51.4 Å². The molecule has 1 N–H and O–H groups in total. The van der Waals surface area contributed by atoms with Crippen molar-refractivity contribution in [2.24, 2.45) is 0 Å². The molecule has 128 valence electrons. The van der Waals surface area contributed by atoms with Gasteiger partial charge in [-0.3, -0.25) is 0 Å². The normalized spacial score (nSPS) is 13.3. The van der Waals surface area contributed by atoms with Crippen LogP contribution < -0.4 is 5.32 Å². The molecule has 0 saturated heterocycles. The average molecular weight is 331 g/mol. The Morgan fingerprint density at radius 1 is 1.22 bits per heavy atom. The number of aldehydes is 1. The minimum atomic E-state index is -4.37. The first kappa shape index (κ1) is 19.0. The van der Waals surface area contributed by atoms with Gasteiger partial charge in [-0.2, -0.15) is 13.2 Å². The lowest BCUT2D eigenvalue weighted by Crippen LogP contribution is -2.40. The van der Waals surface area contributed by atoms with E-state index >= 15 is 0 Å². The summed E-state index contributed by atoms with van der Waals surface area (Å²) in [5.74, 6) is 0. The second-order valence-electron chi connectivity index (χ2n) is 6.12. The third kappa shape index (κ3) is 7.17. The minimum Gasteiger partial charge on any atom is -0.444 e. The number of alkyl halides is 3. The van der Waals surface area contributed by atoms with Gasteiger partial charge in [0, 0.05) is 0 Å². The van der Waals surface area contributed by atoms with Gasteiger partial charge in [0.1, 0.15) is 11.9 Å². The summed E-state index contributed by atoms with van der Waals surface area (Å²) in [5, 5.41) is 2.42. The number of ether oxygens (including phenoxy) is 1. The average Bonchev–Trinajstić information content (AvgIpc) is 2.41. The molecule has 1 aromatic carbocycles. The molecule has 1 rings (SSSR count). The van der Waals surface area contributed by atoms with Crippen molar-refractivity contribution in [2.75, 3.05) is 0 Å². The number of carbonyl (C=O) groups excluding carboxylic acids is 2. The van der Waals surface area contributed by atoms with E-state index in [2.05, 4.69) is 5.32 Å². The number of aryl methyl sites for hydroxylation is 1. The molecule has 0 fully saturated rings. The van der Waals surface area contributed by atoms with E-state index in [1.165, 1.54) is 12.1 Å². The van der Waals surface area contributed by atoms with Crippen molar-refractivity contribution in [3.8, 4) is 0 Å². The van der Waals surface area contributed by atoms with Crippen LogP contribution in [0, 0.1) is 0 Å². The zero-order valence-corrected chi connectivity index (χ0v) is 13.2. The quantitative estimate of drug-likeness (QED) is 0.837. The van der Waals surface area contributed by atoms with E-state index in [-0.39, 0.29) is 6.42 Å². The van der Waals surface area contributed by atoms with Gasteiger partial charge in [-0.05, 0) is 51.3 Å². The largest absolute Gasteiger partial charge is 0.444 e. The maximum Gasteiger partial charge on any atom is 0.416 e. The van der Waals surface area contributed by atoms with Crippen molar-refractivity contribution in [1.29, 1.82) is 0 Å². The fourth-order valence-electron chi connectivity index (χ4n) is 1.82. The molecular formula is C16H20F3NO3. The van der Waals surface area contributed by atoms with E-state index in [0.717, 1.165) is 12.1 Å². The lowest BCUT2D eigenvalue weighted by Gasteiger charge is -2.21. The van der Waals surface area contributed by atoms with E-state index in [1.54, 1.807) is 20.8 Å². The zero-order chi connectivity index (χ0) is 17.7. The Balaban J connectivity index is 2.54. The maximum atomic E-state index is 12.5. The molecule has 0 aliphatic carbocycles. The first-order valence-corrected chi connectivity index (χ1v) is 7.12. The zero-order valence-electron chi connectivity index (χ0n) is 13.2. The fraction of sp³-hybridized carbons (Fsp3) is 0.500. The molecule has 0 unspecified atom stereocenters. The molecule has 23 heavy (non-hydrogen) atoms. The van der Waals surface area contributed by atoms with Gasteiger partial charge in [0.2, 0.25) is 0 Å². The van der Waals surface area contributed by atoms with Gasteiger partial charge in [-0.25, -0.2) is 4.79 Å². The van der Waals surface area contributed by atoms with Crippen LogP contribution in [0.1, 0.15) is 38.3 Å². The highest BCUT2D eigenvalue weighted by Crippen LogP contribution is 2.29. The summed E-state index contributed by atoms with van der Waals surface area (Å²) in [6.45, 7) is 5.10. The molecule has 0 bridgehead atoms. The van der Waals surface area contributed by atoms with Crippen LogP contribution in [0.2, 0.25) is 0 Å². The van der Waals surface area contributed by atoms with Crippen molar-refractivity contribution < 1.29 is 27.5 Å². The van der Waals surface area contributed by atoms with Crippen molar-refractivity contribution >= 4 is 12.4 Å². The minimum absolute atomic E-state index is 0.272. The standard InChI is InChI=1S/C16H20F3NO3/c1-15(2,3)23-14(22)20-13(10-21)9-6-11-4-7-12(8-5-11)16(17,18)19/h4-5,7-8,10,13H,6,9H2,1-3H3,(H,20,22)/t13-/m1/s1. The molecule has 0 aliphatic heterocycles. The maximum absolute atomic E-state index is 12.5. The Morgan fingerprint density at radius 3 is 2.22 bits per heavy atom. The number of hydrogen-bond acceptors (Lipinski definition) is 3. The van der Waals surface area contributed by atoms with Crippen molar-refractivity contribution in [3.05, 3.63) is 35.4 Å². The van der Waals surface area contributed by atoms with Crippen molar-refractivity contribution in [1.82, 2.24) is 5.32 Å². The summed E-state index contributed by atoms with van der Waals surface area (Å²) >= 11 is 0. The topological polar surface area (TPSA) is 55.4 Å². The number of nitrogens with one attached hydrogen (secondary N) is 1. The van der Waals surface area contributed by atoms with E-state index in [0.29, 0.717) is 18.3 Å². The number of halogens is 3. The third-order valence-corrected chi connectivity index (χ3v) is 2.89. The molecule has 7 heteroatoms. The van der Waals surface area contributed by atoms with Gasteiger partial charge in [-0.15, -0.1) is 0 Å². The number of benzene rings is 1. The van der Waals surface area contributed by atoms with Gasteiger partial charge >= 0.3 is 12.3 Å². The van der Waals surface area contributed by atoms with Crippen LogP contribution >= 0.6 is 0 Å². The molecule has 0 heterocycles. The monoisotopic (exact) mass is 331 g/mol. The molecular weight excluding hydrogens is 311 g/mol. The Morgan fingerprint density at radius 2 is 1.78 bits per heavy atom. The lowest BCUT2D eigenvalue weighted by atomic mass is 10.0. The van der Waals surface area contributed by atoms with Crippen LogP contribution in [0.25, 0.3) is 0 Å². The summed E-state index contributed by atoms with van der Waals surface area (Å²) in [4.78, 5) is 22.6. The molecule has 4 nitrogen and oxygen atoms in total. The molecule has 0 aliphatic rings. The van der Waals surface area contributed by atoms with Crippen LogP contribution in [0.3, 0.4) is 0 Å². The number of alkyl carbamates (subject to hydrolysis) is 1. The van der Waals surface area contributed by atoms with Crippen LogP contribution in [0.5, 0.6) is 0 Å².